The minimum atomic E-state index is -0.143. The number of nitrogens with one attached hydrogen (secondary N) is 1. The van der Waals surface area contributed by atoms with E-state index in [0.717, 1.165) is 29.0 Å². The van der Waals surface area contributed by atoms with E-state index in [2.05, 4.69) is 17.2 Å². The van der Waals surface area contributed by atoms with Gasteiger partial charge in [0.2, 0.25) is 0 Å². The highest BCUT2D eigenvalue weighted by Crippen LogP contribution is 2.34. The summed E-state index contributed by atoms with van der Waals surface area (Å²) in [6, 6.07) is 13.7. The summed E-state index contributed by atoms with van der Waals surface area (Å²) in [5.41, 5.74) is 4.58. The molecule has 0 fully saturated rings. The summed E-state index contributed by atoms with van der Waals surface area (Å²) < 4.78 is 1.77. The number of amides is 1. The Morgan fingerprint density at radius 1 is 1.08 bits per heavy atom. The molecule has 1 amide bonds. The van der Waals surface area contributed by atoms with Crippen molar-refractivity contribution < 1.29 is 4.79 Å². The minimum Gasteiger partial charge on any atom is -0.345 e. The molecule has 0 atom stereocenters. The quantitative estimate of drug-likeness (QED) is 0.789. The first-order valence-corrected chi connectivity index (χ1v) is 8.70. The molecular formula is C20H19N5O. The van der Waals surface area contributed by atoms with Crippen molar-refractivity contribution in [3.05, 3.63) is 66.1 Å². The lowest BCUT2D eigenvalue weighted by atomic mass is 10.1. The first-order valence-electron chi connectivity index (χ1n) is 8.70. The predicted octanol–water partition coefficient (Wildman–Crippen LogP) is 3.22. The molecule has 2 aromatic heterocycles. The molecule has 6 heteroatoms. The molecule has 0 radical (unpaired) electrons. The van der Waals surface area contributed by atoms with E-state index in [4.69, 9.17) is 10.1 Å². The van der Waals surface area contributed by atoms with E-state index in [1.807, 2.05) is 42.5 Å². The Morgan fingerprint density at radius 3 is 2.58 bits per heavy atom. The first kappa shape index (κ1) is 16.2. The molecule has 0 unspecified atom stereocenters. The van der Waals surface area contributed by atoms with Crippen molar-refractivity contribution >= 4 is 17.3 Å². The smallest absolute Gasteiger partial charge is 0.272 e. The molecule has 0 saturated heterocycles. The van der Waals surface area contributed by atoms with Gasteiger partial charge in [-0.2, -0.15) is 5.10 Å². The molecule has 1 N–H and O–H groups in total. The minimum absolute atomic E-state index is 0.143. The van der Waals surface area contributed by atoms with Crippen molar-refractivity contribution in [2.45, 2.75) is 19.9 Å². The Hall–Kier alpha value is -3.28. The Labute approximate surface area is 151 Å². The van der Waals surface area contributed by atoms with Gasteiger partial charge in [-0.3, -0.25) is 14.5 Å². The largest absolute Gasteiger partial charge is 0.345 e. The standard InChI is InChI=1S/C20H19N5O/c1-2-12-25-19-18(17(24-25)15-6-4-3-5-7-15)23-16(13-22-20(19)26)14-8-10-21-11-9-14/h3-11H,2,12-13H2,1H3,(H,22,26). The zero-order valence-corrected chi connectivity index (χ0v) is 14.5. The number of carbonyl (C=O) groups is 1. The number of aliphatic imine (C=N–C) groups is 1. The van der Waals surface area contributed by atoms with Gasteiger partial charge in [-0.15, -0.1) is 0 Å². The van der Waals surface area contributed by atoms with Crippen LogP contribution in [0, 0.1) is 0 Å². The summed E-state index contributed by atoms with van der Waals surface area (Å²) in [6.45, 7) is 3.11. The number of aryl methyl sites for hydroxylation is 1. The number of aromatic nitrogens is 3. The molecule has 1 aromatic carbocycles. The van der Waals surface area contributed by atoms with Crippen molar-refractivity contribution in [3.63, 3.8) is 0 Å². The second-order valence-corrected chi connectivity index (χ2v) is 6.11. The van der Waals surface area contributed by atoms with E-state index in [-0.39, 0.29) is 5.91 Å². The fourth-order valence-corrected chi connectivity index (χ4v) is 3.08. The predicted molar refractivity (Wildman–Crippen MR) is 101 cm³/mol. The first-order chi connectivity index (χ1) is 12.8. The van der Waals surface area contributed by atoms with E-state index in [9.17, 15) is 4.79 Å². The zero-order chi connectivity index (χ0) is 17.9. The molecule has 3 heterocycles. The third kappa shape index (κ3) is 2.90. The Morgan fingerprint density at radius 2 is 1.85 bits per heavy atom. The highest BCUT2D eigenvalue weighted by molar-refractivity contribution is 6.11. The van der Waals surface area contributed by atoms with Crippen LogP contribution >= 0.6 is 0 Å². The van der Waals surface area contributed by atoms with Gasteiger partial charge in [-0.05, 0) is 18.6 Å². The highest BCUT2D eigenvalue weighted by atomic mass is 16.2. The number of fused-ring (bicyclic) bond motifs is 1. The van der Waals surface area contributed by atoms with Gasteiger partial charge in [-0.25, -0.2) is 4.99 Å². The van der Waals surface area contributed by atoms with E-state index in [0.29, 0.717) is 24.5 Å². The van der Waals surface area contributed by atoms with Crippen LogP contribution in [0.1, 0.15) is 29.4 Å². The molecule has 0 saturated carbocycles. The fraction of sp³-hybridized carbons (Fsp3) is 0.200. The van der Waals surface area contributed by atoms with Crippen LogP contribution in [0.3, 0.4) is 0 Å². The second kappa shape index (κ2) is 6.92. The van der Waals surface area contributed by atoms with Crippen molar-refractivity contribution in [1.82, 2.24) is 20.1 Å². The van der Waals surface area contributed by atoms with E-state index in [1.54, 1.807) is 17.1 Å². The van der Waals surface area contributed by atoms with Gasteiger partial charge in [0.1, 0.15) is 11.4 Å². The number of benzene rings is 1. The van der Waals surface area contributed by atoms with Gasteiger partial charge in [0, 0.05) is 30.1 Å². The summed E-state index contributed by atoms with van der Waals surface area (Å²) in [5, 5.41) is 7.67. The Bertz CT molecular complexity index is 961. The number of hydrogen-bond donors (Lipinski definition) is 1. The Balaban J connectivity index is 1.93. The lowest BCUT2D eigenvalue weighted by Gasteiger charge is -2.06. The summed E-state index contributed by atoms with van der Waals surface area (Å²) >= 11 is 0. The maximum Gasteiger partial charge on any atom is 0.272 e. The van der Waals surface area contributed by atoms with Crippen LogP contribution in [0.4, 0.5) is 5.69 Å². The maximum absolute atomic E-state index is 12.8. The SMILES string of the molecule is CCCn1nc(-c2ccccc2)c2c1C(=O)NCC(c1ccncc1)=N2. The van der Waals surface area contributed by atoms with Crippen LogP contribution in [0.5, 0.6) is 0 Å². The maximum atomic E-state index is 12.8. The number of carbonyl (C=O) groups excluding carboxylic acids is 1. The Kier molecular flexibility index (Phi) is 4.31. The molecule has 26 heavy (non-hydrogen) atoms. The summed E-state index contributed by atoms with van der Waals surface area (Å²) in [5.74, 6) is -0.143. The summed E-state index contributed by atoms with van der Waals surface area (Å²) in [4.78, 5) is 21.7. The molecule has 3 aromatic rings. The lowest BCUT2D eigenvalue weighted by Crippen LogP contribution is -2.30. The molecule has 0 bridgehead atoms. The van der Waals surface area contributed by atoms with Gasteiger partial charge in [0.25, 0.3) is 5.91 Å². The zero-order valence-electron chi connectivity index (χ0n) is 14.5. The van der Waals surface area contributed by atoms with Crippen molar-refractivity contribution in [2.24, 2.45) is 4.99 Å². The van der Waals surface area contributed by atoms with Gasteiger partial charge in [-0.1, -0.05) is 37.3 Å². The van der Waals surface area contributed by atoms with Crippen LogP contribution in [-0.2, 0) is 6.54 Å². The lowest BCUT2D eigenvalue weighted by molar-refractivity contribution is 0.0950. The normalized spacial score (nSPS) is 13.6. The van der Waals surface area contributed by atoms with Crippen molar-refractivity contribution in [3.8, 4) is 11.3 Å². The van der Waals surface area contributed by atoms with Gasteiger partial charge >= 0.3 is 0 Å². The third-order valence-electron chi connectivity index (χ3n) is 4.30. The summed E-state index contributed by atoms with van der Waals surface area (Å²) in [7, 11) is 0. The van der Waals surface area contributed by atoms with Gasteiger partial charge in [0.05, 0.1) is 12.3 Å². The molecule has 0 spiro atoms. The second-order valence-electron chi connectivity index (χ2n) is 6.11. The number of nitrogens with zero attached hydrogens (tertiary/aromatic N) is 4. The molecule has 6 nitrogen and oxygen atoms in total. The molecule has 130 valence electrons. The van der Waals surface area contributed by atoms with Crippen molar-refractivity contribution in [1.29, 1.82) is 0 Å². The molecular weight excluding hydrogens is 326 g/mol. The van der Waals surface area contributed by atoms with E-state index in [1.165, 1.54) is 0 Å². The topological polar surface area (TPSA) is 72.2 Å². The number of hydrogen-bond acceptors (Lipinski definition) is 4. The van der Waals surface area contributed by atoms with Gasteiger partial charge < -0.3 is 5.32 Å². The third-order valence-corrected chi connectivity index (χ3v) is 4.30. The average Bonchev–Trinajstić information content (AvgIpc) is 2.94. The van der Waals surface area contributed by atoms with Crippen LogP contribution in [0.2, 0.25) is 0 Å². The highest BCUT2D eigenvalue weighted by Gasteiger charge is 2.27. The van der Waals surface area contributed by atoms with E-state index < -0.39 is 0 Å². The van der Waals surface area contributed by atoms with Crippen LogP contribution in [0.25, 0.3) is 11.3 Å². The summed E-state index contributed by atoms with van der Waals surface area (Å²) in [6.07, 6.45) is 4.34. The van der Waals surface area contributed by atoms with Gasteiger partial charge in [0.15, 0.2) is 5.69 Å². The molecule has 1 aliphatic heterocycles. The van der Waals surface area contributed by atoms with Crippen molar-refractivity contribution in [2.75, 3.05) is 6.54 Å². The average molecular weight is 345 g/mol. The fourth-order valence-electron chi connectivity index (χ4n) is 3.08. The molecule has 1 aliphatic rings. The van der Waals surface area contributed by atoms with E-state index >= 15 is 0 Å². The van der Waals surface area contributed by atoms with Crippen LogP contribution < -0.4 is 5.32 Å². The number of pyridine rings is 1. The molecule has 4 rings (SSSR count). The van der Waals surface area contributed by atoms with Crippen LogP contribution in [0.15, 0.2) is 59.9 Å². The number of rotatable bonds is 4. The monoisotopic (exact) mass is 345 g/mol. The van der Waals surface area contributed by atoms with Crippen LogP contribution in [-0.4, -0.2) is 32.9 Å². The molecule has 0 aliphatic carbocycles.